The molecule has 0 aliphatic rings. The van der Waals surface area contributed by atoms with Gasteiger partial charge >= 0.3 is 5.97 Å². The molecule has 10 heteroatoms. The van der Waals surface area contributed by atoms with Crippen LogP contribution in [0.5, 0.6) is 11.5 Å². The first-order chi connectivity index (χ1) is 14.6. The molecule has 0 spiro atoms. The van der Waals surface area contributed by atoms with Crippen LogP contribution in [0.2, 0.25) is 20.1 Å². The van der Waals surface area contributed by atoms with E-state index in [-0.39, 0.29) is 27.5 Å². The lowest BCUT2D eigenvalue weighted by atomic mass is 10.2. The van der Waals surface area contributed by atoms with Crippen LogP contribution in [-0.2, 0) is 4.74 Å². The number of carbonyl (C=O) groups excluding carboxylic acids is 1. The van der Waals surface area contributed by atoms with Gasteiger partial charge in [-0.2, -0.15) is 0 Å². The van der Waals surface area contributed by atoms with Gasteiger partial charge in [-0.25, -0.2) is 4.79 Å². The van der Waals surface area contributed by atoms with E-state index in [1.165, 1.54) is 24.3 Å². The Kier molecular flexibility index (Phi) is 9.47. The zero-order chi connectivity index (χ0) is 23.1. The van der Waals surface area contributed by atoms with Gasteiger partial charge in [-0.05, 0) is 55.5 Å². The van der Waals surface area contributed by atoms with Gasteiger partial charge in [0.2, 0.25) is 0 Å². The van der Waals surface area contributed by atoms with E-state index >= 15 is 0 Å². The molecule has 31 heavy (non-hydrogen) atoms. The highest BCUT2D eigenvalue weighted by atomic mass is 35.5. The standard InChI is InChI=1S/C12H6Cl4O2S.C9H11NO2/c13-5-1-7(15)11(17)9(3-5)19-10-4-6(14)2-8(16)12(10)18;1-2-12-9(11)7-3-5-8(10)6-4-7/h1-4,17-18H;3-6H,2,10H2,1H3. The number of hydrogen-bond acceptors (Lipinski definition) is 6. The summed E-state index contributed by atoms with van der Waals surface area (Å²) in [5.41, 5.74) is 6.62. The van der Waals surface area contributed by atoms with Crippen molar-refractivity contribution in [2.45, 2.75) is 16.7 Å². The average Bonchev–Trinajstić information content (AvgIpc) is 2.70. The minimum absolute atomic E-state index is 0.119. The summed E-state index contributed by atoms with van der Waals surface area (Å²) in [5.74, 6) is -0.546. The molecule has 0 unspecified atom stereocenters. The van der Waals surface area contributed by atoms with Crippen LogP contribution in [-0.4, -0.2) is 22.8 Å². The zero-order valence-electron chi connectivity index (χ0n) is 16.0. The first-order valence-corrected chi connectivity index (χ1v) is 11.0. The van der Waals surface area contributed by atoms with Crippen LogP contribution < -0.4 is 5.73 Å². The maximum absolute atomic E-state index is 11.1. The van der Waals surface area contributed by atoms with Crippen molar-refractivity contribution >= 4 is 69.8 Å². The van der Waals surface area contributed by atoms with Gasteiger partial charge < -0.3 is 20.7 Å². The molecule has 0 radical (unpaired) electrons. The summed E-state index contributed by atoms with van der Waals surface area (Å²) in [7, 11) is 0. The Morgan fingerprint density at radius 2 is 1.35 bits per heavy atom. The van der Waals surface area contributed by atoms with Crippen molar-refractivity contribution in [3.63, 3.8) is 0 Å². The third-order valence-corrected chi connectivity index (χ3v) is 5.70. The first-order valence-electron chi connectivity index (χ1n) is 8.68. The molecule has 0 aliphatic carbocycles. The molecule has 3 aromatic rings. The molecule has 0 saturated heterocycles. The summed E-state index contributed by atoms with van der Waals surface area (Å²) in [6.45, 7) is 2.17. The lowest BCUT2D eigenvalue weighted by Crippen LogP contribution is -2.04. The predicted octanol–water partition coefficient (Wildman–Crippen LogP) is 7.31. The molecular formula is C21H17Cl4NO4S. The number of ether oxygens (including phenoxy) is 1. The van der Waals surface area contributed by atoms with Crippen LogP contribution in [0.3, 0.4) is 0 Å². The largest absolute Gasteiger partial charge is 0.505 e. The van der Waals surface area contributed by atoms with Gasteiger partial charge in [-0.3, -0.25) is 0 Å². The molecular weight excluding hydrogens is 504 g/mol. The molecule has 4 N–H and O–H groups in total. The van der Waals surface area contributed by atoms with Crippen LogP contribution in [0.1, 0.15) is 17.3 Å². The topological polar surface area (TPSA) is 92.8 Å². The minimum Gasteiger partial charge on any atom is -0.505 e. The molecule has 5 nitrogen and oxygen atoms in total. The smallest absolute Gasteiger partial charge is 0.338 e. The number of esters is 1. The van der Waals surface area contributed by atoms with Gasteiger partial charge in [0.15, 0.2) is 0 Å². The van der Waals surface area contributed by atoms with E-state index in [4.69, 9.17) is 56.9 Å². The third-order valence-electron chi connectivity index (χ3n) is 3.63. The highest BCUT2D eigenvalue weighted by molar-refractivity contribution is 7.99. The fraction of sp³-hybridized carbons (Fsp3) is 0.0952. The molecule has 0 bridgehead atoms. The van der Waals surface area contributed by atoms with E-state index < -0.39 is 0 Å². The van der Waals surface area contributed by atoms with Gasteiger partial charge in [0.05, 0.1) is 32.0 Å². The molecule has 0 heterocycles. The summed E-state index contributed by atoms with van der Waals surface area (Å²) in [6, 6.07) is 12.5. The van der Waals surface area contributed by atoms with Crippen molar-refractivity contribution in [3.05, 3.63) is 74.2 Å². The van der Waals surface area contributed by atoms with E-state index in [1.807, 2.05) is 0 Å². The quantitative estimate of drug-likeness (QED) is 0.246. The highest BCUT2D eigenvalue weighted by Gasteiger charge is 2.14. The van der Waals surface area contributed by atoms with Crippen molar-refractivity contribution in [2.75, 3.05) is 12.3 Å². The minimum atomic E-state index is -0.308. The SMILES string of the molecule is CCOC(=O)c1ccc(N)cc1.Oc1c(Cl)cc(Cl)cc1Sc1cc(Cl)cc(Cl)c1O. The summed E-state index contributed by atoms with van der Waals surface area (Å²) >= 11 is 24.4. The number of carbonyl (C=O) groups is 1. The number of phenolic OH excluding ortho intramolecular Hbond substituents is 2. The lowest BCUT2D eigenvalue weighted by Gasteiger charge is -2.09. The average molecular weight is 521 g/mol. The predicted molar refractivity (Wildman–Crippen MR) is 127 cm³/mol. The second-order valence-corrected chi connectivity index (χ2v) is 8.68. The number of anilines is 1. The number of benzene rings is 3. The molecule has 164 valence electrons. The van der Waals surface area contributed by atoms with Gasteiger partial charge in [0.1, 0.15) is 11.5 Å². The number of aromatic hydroxyl groups is 2. The molecule has 0 atom stereocenters. The number of halogens is 4. The van der Waals surface area contributed by atoms with Crippen LogP contribution in [0.15, 0.2) is 58.3 Å². The lowest BCUT2D eigenvalue weighted by molar-refractivity contribution is 0.0526. The Morgan fingerprint density at radius 1 is 0.903 bits per heavy atom. The molecule has 0 saturated carbocycles. The monoisotopic (exact) mass is 519 g/mol. The van der Waals surface area contributed by atoms with E-state index in [2.05, 4.69) is 0 Å². The number of nitrogen functional groups attached to an aromatic ring is 1. The maximum atomic E-state index is 11.1. The molecule has 0 fully saturated rings. The van der Waals surface area contributed by atoms with Crippen molar-refractivity contribution in [1.29, 1.82) is 0 Å². The second-order valence-electron chi connectivity index (χ2n) is 5.91. The van der Waals surface area contributed by atoms with Crippen molar-refractivity contribution < 1.29 is 19.7 Å². The third kappa shape index (κ3) is 7.30. The molecule has 3 rings (SSSR count). The molecule has 0 aliphatic heterocycles. The normalized spacial score (nSPS) is 10.2. The number of phenols is 2. The summed E-state index contributed by atoms with van der Waals surface area (Å²) in [4.78, 5) is 11.9. The van der Waals surface area contributed by atoms with Crippen molar-refractivity contribution in [3.8, 4) is 11.5 Å². The summed E-state index contributed by atoms with van der Waals surface area (Å²) < 4.78 is 4.79. The van der Waals surface area contributed by atoms with Crippen LogP contribution in [0, 0.1) is 0 Å². The molecule has 0 amide bonds. The van der Waals surface area contributed by atoms with Gasteiger partial charge in [0, 0.05) is 15.7 Å². The number of hydrogen-bond donors (Lipinski definition) is 3. The summed E-state index contributed by atoms with van der Waals surface area (Å²) in [6.07, 6.45) is 0. The van der Waals surface area contributed by atoms with Gasteiger partial charge in [-0.1, -0.05) is 58.2 Å². The number of nitrogens with two attached hydrogens (primary N) is 1. The van der Waals surface area contributed by atoms with Crippen LogP contribution >= 0.6 is 58.2 Å². The van der Waals surface area contributed by atoms with Crippen LogP contribution in [0.4, 0.5) is 5.69 Å². The zero-order valence-corrected chi connectivity index (χ0v) is 19.9. The van der Waals surface area contributed by atoms with E-state index in [0.717, 1.165) is 11.8 Å². The fourth-order valence-corrected chi connectivity index (χ4v) is 4.44. The van der Waals surface area contributed by atoms with E-state index in [0.29, 0.717) is 37.7 Å². The van der Waals surface area contributed by atoms with Crippen molar-refractivity contribution in [2.24, 2.45) is 0 Å². The maximum Gasteiger partial charge on any atom is 0.338 e. The molecule has 0 aromatic heterocycles. The fourth-order valence-electron chi connectivity index (χ4n) is 2.19. The van der Waals surface area contributed by atoms with Crippen molar-refractivity contribution in [1.82, 2.24) is 0 Å². The Labute approximate surface area is 203 Å². The second kappa shape index (κ2) is 11.6. The summed E-state index contributed by atoms with van der Waals surface area (Å²) in [5, 5.41) is 20.7. The van der Waals surface area contributed by atoms with Gasteiger partial charge in [-0.15, -0.1) is 0 Å². The van der Waals surface area contributed by atoms with Crippen LogP contribution in [0.25, 0.3) is 0 Å². The Bertz CT molecular complexity index is 1020. The Hall–Kier alpha value is -1.96. The first kappa shape index (κ1) is 25.3. The Morgan fingerprint density at radius 3 is 1.77 bits per heavy atom. The van der Waals surface area contributed by atoms with E-state index in [9.17, 15) is 15.0 Å². The number of rotatable bonds is 4. The van der Waals surface area contributed by atoms with Gasteiger partial charge in [0.25, 0.3) is 0 Å². The Balaban J connectivity index is 0.000000245. The van der Waals surface area contributed by atoms with E-state index in [1.54, 1.807) is 31.2 Å². The molecule has 3 aromatic carbocycles. The highest BCUT2D eigenvalue weighted by Crippen LogP contribution is 2.45.